The minimum Gasteiger partial charge on any atom is -0.481 e. The number of aromatic nitrogens is 2. The fourth-order valence-electron chi connectivity index (χ4n) is 2.30. The molecule has 0 saturated carbocycles. The molecular weight excluding hydrogens is 306 g/mol. The van der Waals surface area contributed by atoms with E-state index in [2.05, 4.69) is 10.3 Å². The maximum absolute atomic E-state index is 12.0. The zero-order chi connectivity index (χ0) is 16.9. The molecule has 0 atom stereocenters. The highest BCUT2D eigenvalue weighted by Crippen LogP contribution is 2.11. The molecule has 2 N–H and O–H groups in total. The summed E-state index contributed by atoms with van der Waals surface area (Å²) in [5.41, 5.74) is 2.91. The van der Waals surface area contributed by atoms with Crippen molar-refractivity contribution in [3.8, 4) is 0 Å². The van der Waals surface area contributed by atoms with Gasteiger partial charge in [-0.25, -0.2) is 4.98 Å². The quantitative estimate of drug-likeness (QED) is 0.708. The number of nitrogens with one attached hydrogen (secondary N) is 1. The molecular formula is C18H15N3O3. The highest BCUT2D eigenvalue weighted by atomic mass is 16.4. The van der Waals surface area contributed by atoms with Crippen molar-refractivity contribution in [2.45, 2.75) is 6.42 Å². The lowest BCUT2D eigenvalue weighted by atomic mass is 10.1. The Labute approximate surface area is 138 Å². The smallest absolute Gasteiger partial charge is 0.307 e. The second-order valence-electron chi connectivity index (χ2n) is 5.20. The number of fused-ring (bicyclic) bond motifs is 1. The Bertz CT molecular complexity index is 911. The Hall–Kier alpha value is -3.41. The van der Waals surface area contributed by atoms with E-state index in [1.165, 1.54) is 6.08 Å². The number of amides is 1. The molecule has 1 aromatic carbocycles. The SMILES string of the molecule is O=C(O)Cc1ccc(NC(=O)/C=C/c2cnc3ccccn23)cc1. The number of carbonyl (C=O) groups is 2. The third kappa shape index (κ3) is 3.67. The number of aliphatic carboxylic acids is 1. The molecule has 0 aliphatic heterocycles. The van der Waals surface area contributed by atoms with Crippen LogP contribution >= 0.6 is 0 Å². The van der Waals surface area contributed by atoms with Crippen LogP contribution in [0.5, 0.6) is 0 Å². The zero-order valence-electron chi connectivity index (χ0n) is 12.7. The van der Waals surface area contributed by atoms with Crippen LogP contribution in [-0.2, 0) is 16.0 Å². The second kappa shape index (κ2) is 6.78. The van der Waals surface area contributed by atoms with E-state index in [1.54, 1.807) is 36.5 Å². The summed E-state index contributed by atoms with van der Waals surface area (Å²) in [6, 6.07) is 12.4. The van der Waals surface area contributed by atoms with Gasteiger partial charge >= 0.3 is 5.97 Å². The molecule has 0 bridgehead atoms. The number of imidazole rings is 1. The van der Waals surface area contributed by atoms with Crippen molar-refractivity contribution in [2.75, 3.05) is 5.32 Å². The summed E-state index contributed by atoms with van der Waals surface area (Å²) in [6.07, 6.45) is 6.65. The van der Waals surface area contributed by atoms with Gasteiger partial charge < -0.3 is 14.8 Å². The Morgan fingerprint density at radius 1 is 1.17 bits per heavy atom. The first-order chi connectivity index (χ1) is 11.6. The van der Waals surface area contributed by atoms with E-state index in [9.17, 15) is 9.59 Å². The average Bonchev–Trinajstić information content (AvgIpc) is 2.98. The molecule has 0 radical (unpaired) electrons. The maximum Gasteiger partial charge on any atom is 0.307 e. The predicted molar refractivity (Wildman–Crippen MR) is 90.6 cm³/mol. The van der Waals surface area contributed by atoms with E-state index in [0.717, 1.165) is 11.3 Å². The van der Waals surface area contributed by atoms with E-state index >= 15 is 0 Å². The van der Waals surface area contributed by atoms with Gasteiger partial charge in [0.25, 0.3) is 0 Å². The summed E-state index contributed by atoms with van der Waals surface area (Å²) < 4.78 is 1.88. The standard InChI is InChI=1S/C18H15N3O3/c22-17(20-14-6-4-13(5-7-14)11-18(23)24)9-8-15-12-19-16-3-1-2-10-21(15)16/h1-10,12H,11H2,(H,20,22)(H,23,24)/b9-8+. The molecule has 120 valence electrons. The molecule has 1 amide bonds. The lowest BCUT2D eigenvalue weighted by molar-refractivity contribution is -0.136. The number of carboxylic acid groups (broad SMARTS) is 1. The highest BCUT2D eigenvalue weighted by molar-refractivity contribution is 6.01. The van der Waals surface area contributed by atoms with Crippen LogP contribution in [0.25, 0.3) is 11.7 Å². The first kappa shape index (κ1) is 15.5. The summed E-state index contributed by atoms with van der Waals surface area (Å²) in [5.74, 6) is -1.16. The van der Waals surface area contributed by atoms with Gasteiger partial charge in [0.2, 0.25) is 5.91 Å². The van der Waals surface area contributed by atoms with E-state index in [0.29, 0.717) is 11.3 Å². The van der Waals surface area contributed by atoms with Crippen LogP contribution in [-0.4, -0.2) is 26.4 Å². The fourth-order valence-corrected chi connectivity index (χ4v) is 2.30. The number of carboxylic acids is 1. The van der Waals surface area contributed by atoms with Crippen LogP contribution in [0.2, 0.25) is 0 Å². The predicted octanol–water partition coefficient (Wildman–Crippen LogP) is 2.61. The number of carbonyl (C=O) groups excluding carboxylic acids is 1. The largest absolute Gasteiger partial charge is 0.481 e. The summed E-state index contributed by atoms with van der Waals surface area (Å²) >= 11 is 0. The number of hydrogen-bond acceptors (Lipinski definition) is 3. The molecule has 0 aliphatic rings. The summed E-state index contributed by atoms with van der Waals surface area (Å²) in [6.45, 7) is 0. The molecule has 2 aromatic heterocycles. The van der Waals surface area contributed by atoms with Crippen molar-refractivity contribution in [1.82, 2.24) is 9.38 Å². The zero-order valence-corrected chi connectivity index (χ0v) is 12.7. The molecule has 0 fully saturated rings. The van der Waals surface area contributed by atoms with Crippen LogP contribution < -0.4 is 5.32 Å². The Morgan fingerprint density at radius 2 is 1.96 bits per heavy atom. The molecule has 6 nitrogen and oxygen atoms in total. The van der Waals surface area contributed by atoms with E-state index in [4.69, 9.17) is 5.11 Å². The second-order valence-corrected chi connectivity index (χ2v) is 5.20. The van der Waals surface area contributed by atoms with Gasteiger partial charge in [-0.3, -0.25) is 9.59 Å². The van der Waals surface area contributed by atoms with E-state index in [1.807, 2.05) is 28.8 Å². The van der Waals surface area contributed by atoms with Crippen LogP contribution in [0.1, 0.15) is 11.3 Å². The van der Waals surface area contributed by atoms with Crippen LogP contribution in [0.4, 0.5) is 5.69 Å². The van der Waals surface area contributed by atoms with Gasteiger partial charge in [-0.05, 0) is 35.9 Å². The molecule has 0 unspecified atom stereocenters. The normalized spacial score (nSPS) is 11.0. The van der Waals surface area contributed by atoms with E-state index in [-0.39, 0.29) is 12.3 Å². The van der Waals surface area contributed by atoms with Crippen molar-refractivity contribution in [3.05, 3.63) is 72.2 Å². The minimum absolute atomic E-state index is 0.0393. The topological polar surface area (TPSA) is 83.7 Å². The molecule has 3 rings (SSSR count). The first-order valence-electron chi connectivity index (χ1n) is 7.34. The molecule has 2 heterocycles. The first-order valence-corrected chi connectivity index (χ1v) is 7.34. The van der Waals surface area contributed by atoms with E-state index < -0.39 is 5.97 Å². The molecule has 6 heteroatoms. The highest BCUT2D eigenvalue weighted by Gasteiger charge is 2.03. The fraction of sp³-hybridized carbons (Fsp3) is 0.0556. The van der Waals surface area contributed by atoms with Crippen LogP contribution in [0.3, 0.4) is 0 Å². The third-order valence-electron chi connectivity index (χ3n) is 3.43. The number of nitrogens with zero attached hydrogens (tertiary/aromatic N) is 2. The van der Waals surface area contributed by atoms with Crippen molar-refractivity contribution >= 4 is 29.3 Å². The van der Waals surface area contributed by atoms with Gasteiger partial charge in [-0.15, -0.1) is 0 Å². The van der Waals surface area contributed by atoms with Gasteiger partial charge in [-0.1, -0.05) is 18.2 Å². The monoisotopic (exact) mass is 321 g/mol. The van der Waals surface area contributed by atoms with Gasteiger partial charge in [0.05, 0.1) is 18.3 Å². The van der Waals surface area contributed by atoms with Crippen LogP contribution in [0, 0.1) is 0 Å². The lowest BCUT2D eigenvalue weighted by Gasteiger charge is -2.03. The summed E-state index contributed by atoms with van der Waals surface area (Å²) in [5, 5.41) is 11.5. The van der Waals surface area contributed by atoms with Gasteiger partial charge in [0.1, 0.15) is 5.65 Å². The average molecular weight is 321 g/mol. The van der Waals surface area contributed by atoms with Crippen LogP contribution in [0.15, 0.2) is 60.9 Å². The number of hydrogen-bond donors (Lipinski definition) is 2. The molecule has 0 aliphatic carbocycles. The molecule has 0 saturated heterocycles. The Kier molecular flexibility index (Phi) is 4.38. The maximum atomic E-state index is 12.0. The lowest BCUT2D eigenvalue weighted by Crippen LogP contribution is -2.08. The Balaban J connectivity index is 1.66. The van der Waals surface area contributed by atoms with Gasteiger partial charge in [0.15, 0.2) is 0 Å². The number of rotatable bonds is 5. The number of pyridine rings is 1. The molecule has 0 spiro atoms. The minimum atomic E-state index is -0.886. The van der Waals surface area contributed by atoms with Crippen molar-refractivity contribution in [3.63, 3.8) is 0 Å². The number of benzene rings is 1. The molecule has 3 aromatic rings. The summed E-state index contributed by atoms with van der Waals surface area (Å²) in [4.78, 5) is 26.9. The van der Waals surface area contributed by atoms with Gasteiger partial charge in [-0.2, -0.15) is 0 Å². The third-order valence-corrected chi connectivity index (χ3v) is 3.43. The molecule has 24 heavy (non-hydrogen) atoms. The summed E-state index contributed by atoms with van der Waals surface area (Å²) in [7, 11) is 0. The van der Waals surface area contributed by atoms with Crippen molar-refractivity contribution in [2.24, 2.45) is 0 Å². The van der Waals surface area contributed by atoms with Crippen molar-refractivity contribution in [1.29, 1.82) is 0 Å². The Morgan fingerprint density at radius 3 is 2.71 bits per heavy atom. The van der Waals surface area contributed by atoms with Gasteiger partial charge in [0, 0.05) is 18.0 Å². The van der Waals surface area contributed by atoms with Crippen molar-refractivity contribution < 1.29 is 14.7 Å². The number of anilines is 1.